The second-order valence-electron chi connectivity index (χ2n) is 24.9. The van der Waals surface area contributed by atoms with E-state index in [0.717, 1.165) is 64.2 Å². The van der Waals surface area contributed by atoms with Gasteiger partial charge >= 0.3 is 23.9 Å². The highest BCUT2D eigenvalue weighted by molar-refractivity contribution is 5.78. The maximum Gasteiger partial charge on any atom is 0.306 e. The minimum Gasteiger partial charge on any atom is -0.462 e. The summed E-state index contributed by atoms with van der Waals surface area (Å²) in [6.45, 7) is 32.6. The van der Waals surface area contributed by atoms with Crippen molar-refractivity contribution in [2.75, 3.05) is 0 Å². The molecule has 4 heterocycles. The van der Waals surface area contributed by atoms with Crippen LogP contribution < -0.4 is 10.6 Å². The minimum atomic E-state index is -0.507. The molecule has 4 fully saturated rings. The molecule has 0 saturated carbocycles. The zero-order chi connectivity index (χ0) is 48.7. The first kappa shape index (κ1) is 56.0. The van der Waals surface area contributed by atoms with Crippen molar-refractivity contribution >= 4 is 23.9 Å². The number of rotatable bonds is 16. The molecule has 64 heavy (non-hydrogen) atoms. The standard InChI is InChI=1S/C28H52N2O4.C22H40N2O6/c1-25(2)17-21(18-26(3,4)29-25)33-23(31)15-13-11-9-10-12-14-16-24(32)34-22-19-27(5,6)30-28(7,8)20-22;1-19(2)11-15(12-20(3,4)23(19)27)29-17(25)9-10-18(26)30-16-13-21(5,6)24(28)22(7,8)14-16/h21-22,29-30H,9-20H2,1-8H3;15-16,27-28H,9-14H2,1-8H3. The average Bonchev–Trinajstić information content (AvgIpc) is 3.06. The molecule has 4 N–H and O–H groups in total. The van der Waals surface area contributed by atoms with Gasteiger partial charge in [-0.25, -0.2) is 0 Å². The second kappa shape index (κ2) is 21.7. The molecule has 0 unspecified atom stereocenters. The van der Waals surface area contributed by atoms with Gasteiger partial charge in [-0.3, -0.25) is 19.2 Å². The highest BCUT2D eigenvalue weighted by Gasteiger charge is 2.48. The fourth-order valence-corrected chi connectivity index (χ4v) is 11.6. The van der Waals surface area contributed by atoms with Crippen LogP contribution in [0.2, 0.25) is 0 Å². The number of ether oxygens (including phenoxy) is 4. The normalized spacial score (nSPS) is 25.3. The lowest BCUT2D eigenvalue weighted by atomic mass is 9.80. The Bertz CT molecular complexity index is 1390. The van der Waals surface area contributed by atoms with Crippen molar-refractivity contribution in [1.29, 1.82) is 0 Å². The number of nitrogens with one attached hydrogen (secondary N) is 2. The Morgan fingerprint density at radius 2 is 0.578 bits per heavy atom. The van der Waals surface area contributed by atoms with Crippen LogP contribution in [0.4, 0.5) is 0 Å². The first-order valence-electron chi connectivity index (χ1n) is 24.4. The van der Waals surface area contributed by atoms with E-state index >= 15 is 0 Å². The molecule has 4 saturated heterocycles. The fraction of sp³-hybridized carbons (Fsp3) is 0.920. The predicted molar refractivity (Wildman–Crippen MR) is 249 cm³/mol. The van der Waals surface area contributed by atoms with Crippen LogP contribution in [0.25, 0.3) is 0 Å². The summed E-state index contributed by atoms with van der Waals surface area (Å²) >= 11 is 0. The molecule has 0 amide bonds. The maximum atomic E-state index is 12.3. The van der Waals surface area contributed by atoms with Crippen LogP contribution in [0.1, 0.15) is 226 Å². The van der Waals surface area contributed by atoms with E-state index in [0.29, 0.717) is 38.5 Å². The molecule has 0 aliphatic carbocycles. The third-order valence-electron chi connectivity index (χ3n) is 13.2. The summed E-state index contributed by atoms with van der Waals surface area (Å²) in [5.74, 6) is -0.988. The fourth-order valence-electron chi connectivity index (χ4n) is 11.6. The van der Waals surface area contributed by atoms with Crippen LogP contribution in [0.3, 0.4) is 0 Å². The molecule has 4 aliphatic heterocycles. The van der Waals surface area contributed by atoms with Crippen molar-refractivity contribution in [1.82, 2.24) is 20.8 Å². The van der Waals surface area contributed by atoms with Gasteiger partial charge in [0.2, 0.25) is 0 Å². The largest absolute Gasteiger partial charge is 0.462 e. The zero-order valence-corrected chi connectivity index (χ0v) is 43.1. The molecule has 4 rings (SSSR count). The third-order valence-corrected chi connectivity index (χ3v) is 13.2. The number of unbranched alkanes of at least 4 members (excludes halogenated alkanes) is 5. The molecule has 0 aromatic rings. The Morgan fingerprint density at radius 3 is 0.828 bits per heavy atom. The number of esters is 4. The summed E-state index contributed by atoms with van der Waals surface area (Å²) in [4.78, 5) is 49.2. The number of carbonyl (C=O) groups is 4. The van der Waals surface area contributed by atoms with Gasteiger partial charge in [0.25, 0.3) is 0 Å². The Balaban J connectivity index is 0.000000343. The van der Waals surface area contributed by atoms with E-state index in [1.165, 1.54) is 10.1 Å². The van der Waals surface area contributed by atoms with Crippen LogP contribution in [0, 0.1) is 0 Å². The van der Waals surface area contributed by atoms with E-state index in [2.05, 4.69) is 66.0 Å². The highest BCUT2D eigenvalue weighted by atomic mass is 16.6. The molecule has 0 bridgehead atoms. The quantitative estimate of drug-likeness (QED) is 0.0654. The van der Waals surface area contributed by atoms with E-state index < -0.39 is 34.1 Å². The van der Waals surface area contributed by atoms with Gasteiger partial charge in [-0.1, -0.05) is 25.7 Å². The zero-order valence-electron chi connectivity index (χ0n) is 43.1. The molecule has 4 aliphatic rings. The lowest BCUT2D eigenvalue weighted by Gasteiger charge is -2.51. The Labute approximate surface area is 387 Å². The summed E-state index contributed by atoms with van der Waals surface area (Å²) in [6.07, 6.45) is 11.8. The minimum absolute atomic E-state index is 0.000484. The Kier molecular flexibility index (Phi) is 19.0. The van der Waals surface area contributed by atoms with Crippen LogP contribution >= 0.6 is 0 Å². The van der Waals surface area contributed by atoms with Crippen LogP contribution in [-0.2, 0) is 38.1 Å². The van der Waals surface area contributed by atoms with Crippen LogP contribution in [0.15, 0.2) is 0 Å². The van der Waals surface area contributed by atoms with Crippen molar-refractivity contribution < 1.29 is 48.5 Å². The monoisotopic (exact) mass is 909 g/mol. The third kappa shape index (κ3) is 18.4. The second-order valence-corrected chi connectivity index (χ2v) is 24.9. The van der Waals surface area contributed by atoms with E-state index in [9.17, 15) is 29.6 Å². The van der Waals surface area contributed by atoms with Crippen molar-refractivity contribution in [2.45, 2.75) is 295 Å². The lowest BCUT2D eigenvalue weighted by Crippen LogP contribution is -2.60. The first-order chi connectivity index (χ1) is 29.0. The lowest BCUT2D eigenvalue weighted by molar-refractivity contribution is -0.260. The van der Waals surface area contributed by atoms with Gasteiger partial charge in [0.05, 0.1) is 12.8 Å². The van der Waals surface area contributed by atoms with Crippen molar-refractivity contribution in [2.24, 2.45) is 0 Å². The van der Waals surface area contributed by atoms with E-state index in [1.807, 2.05) is 55.4 Å². The maximum absolute atomic E-state index is 12.3. The molecule has 0 aromatic heterocycles. The summed E-state index contributed by atoms with van der Waals surface area (Å²) in [7, 11) is 0. The van der Waals surface area contributed by atoms with Crippen molar-refractivity contribution in [3.63, 3.8) is 0 Å². The Hall–Kier alpha value is -2.36. The molecule has 14 nitrogen and oxygen atoms in total. The number of hydrogen-bond donors (Lipinski definition) is 4. The van der Waals surface area contributed by atoms with Gasteiger partial charge in [-0.05, 0) is 124 Å². The molecule has 14 heteroatoms. The SMILES string of the molecule is CC1(C)CC(OC(=O)CCC(=O)OC2CC(C)(C)N(O)C(C)(C)C2)CC(C)(C)N1O.CC1(C)CC(OC(=O)CCCCCCCCC(=O)OC2CC(C)(C)NC(C)(C)C2)CC(C)(C)N1. The molecule has 0 radical (unpaired) electrons. The smallest absolute Gasteiger partial charge is 0.306 e. The van der Waals surface area contributed by atoms with E-state index in [-0.39, 0.29) is 71.4 Å². The topological polar surface area (TPSA) is 176 Å². The number of hydroxylamine groups is 4. The van der Waals surface area contributed by atoms with Crippen LogP contribution in [0.5, 0.6) is 0 Å². The highest BCUT2D eigenvalue weighted by Crippen LogP contribution is 2.40. The van der Waals surface area contributed by atoms with Crippen molar-refractivity contribution in [3.8, 4) is 0 Å². The van der Waals surface area contributed by atoms with Gasteiger partial charge < -0.3 is 40.0 Å². The van der Waals surface area contributed by atoms with Gasteiger partial charge in [0.15, 0.2) is 0 Å². The van der Waals surface area contributed by atoms with Gasteiger partial charge in [0.1, 0.15) is 24.4 Å². The van der Waals surface area contributed by atoms with E-state index in [1.54, 1.807) is 0 Å². The molecule has 372 valence electrons. The van der Waals surface area contributed by atoms with Gasteiger partial charge in [0, 0.05) is 109 Å². The number of nitrogens with zero attached hydrogens (tertiary/aromatic N) is 2. The number of carbonyl (C=O) groups excluding carboxylic acids is 4. The molecule has 0 atom stereocenters. The van der Waals surface area contributed by atoms with Crippen LogP contribution in [-0.4, -0.2) is 113 Å². The summed E-state index contributed by atoms with van der Waals surface area (Å²) < 4.78 is 22.8. The molecule has 0 spiro atoms. The number of piperidine rings is 4. The van der Waals surface area contributed by atoms with Gasteiger partial charge in [-0.15, -0.1) is 0 Å². The molecule has 0 aromatic carbocycles. The summed E-state index contributed by atoms with van der Waals surface area (Å²) in [6, 6.07) is 0. The van der Waals surface area contributed by atoms with Crippen molar-refractivity contribution in [3.05, 3.63) is 0 Å². The predicted octanol–water partition coefficient (Wildman–Crippen LogP) is 9.49. The number of hydrogen-bond acceptors (Lipinski definition) is 14. The Morgan fingerprint density at radius 1 is 0.375 bits per heavy atom. The molecular weight excluding hydrogens is 817 g/mol. The summed E-state index contributed by atoms with van der Waals surface area (Å²) in [5.41, 5.74) is -2.08. The first-order valence-corrected chi connectivity index (χ1v) is 24.4. The molecular formula is C50H92N4O10. The van der Waals surface area contributed by atoms with E-state index in [4.69, 9.17) is 18.9 Å². The van der Waals surface area contributed by atoms with Gasteiger partial charge in [-0.2, -0.15) is 10.1 Å². The average molecular weight is 909 g/mol. The summed E-state index contributed by atoms with van der Waals surface area (Å²) in [5, 5.41) is 30.6.